The van der Waals surface area contributed by atoms with E-state index in [1.165, 1.54) is 5.56 Å². The number of rotatable bonds is 3. The second kappa shape index (κ2) is 4.72. The minimum Gasteiger partial charge on any atom is -0.345 e. The van der Waals surface area contributed by atoms with Crippen LogP contribution < -0.4 is 5.73 Å². The maximum atomic E-state index is 5.66. The fourth-order valence-corrected chi connectivity index (χ4v) is 1.82. The summed E-state index contributed by atoms with van der Waals surface area (Å²) in [6, 6.07) is 8.43. The van der Waals surface area contributed by atoms with Crippen LogP contribution in [-0.4, -0.2) is 16.5 Å². The van der Waals surface area contributed by atoms with Crippen molar-refractivity contribution in [2.45, 2.75) is 26.7 Å². The van der Waals surface area contributed by atoms with Gasteiger partial charge in [0.15, 0.2) is 0 Å². The van der Waals surface area contributed by atoms with Crippen LogP contribution in [0.1, 0.15) is 29.9 Å². The van der Waals surface area contributed by atoms with E-state index in [1.807, 2.05) is 0 Å². The van der Waals surface area contributed by atoms with Crippen molar-refractivity contribution in [1.29, 1.82) is 0 Å². The first-order chi connectivity index (χ1) is 8.11. The van der Waals surface area contributed by atoms with Crippen LogP contribution in [0.5, 0.6) is 0 Å². The topological polar surface area (TPSA) is 54.7 Å². The summed E-state index contributed by atoms with van der Waals surface area (Å²) in [7, 11) is 0. The fourth-order valence-electron chi connectivity index (χ4n) is 1.82. The smallest absolute Gasteiger partial charge is 0.111 e. The molecule has 0 bridgehead atoms. The second-order valence-electron chi connectivity index (χ2n) is 4.60. The molecule has 0 saturated carbocycles. The molecule has 0 saturated heterocycles. The monoisotopic (exact) mass is 229 g/mol. The Labute approximate surface area is 102 Å². The summed E-state index contributed by atoms with van der Waals surface area (Å²) in [5.74, 6) is 1.24. The van der Waals surface area contributed by atoms with Gasteiger partial charge in [0.1, 0.15) is 5.82 Å². The van der Waals surface area contributed by atoms with Crippen LogP contribution >= 0.6 is 0 Å². The van der Waals surface area contributed by atoms with Gasteiger partial charge < -0.3 is 10.7 Å². The molecule has 2 aromatic rings. The third-order valence-corrected chi connectivity index (χ3v) is 3.05. The molecule has 0 spiro atoms. The Hall–Kier alpha value is -1.61. The molecule has 0 aliphatic carbocycles. The first kappa shape index (κ1) is 11.9. The molecule has 1 heterocycles. The fraction of sp³-hybridized carbons (Fsp3) is 0.357. The van der Waals surface area contributed by atoms with Crippen LogP contribution in [0.15, 0.2) is 24.3 Å². The number of hydrogen-bond donors (Lipinski definition) is 2. The lowest BCUT2D eigenvalue weighted by Crippen LogP contribution is -2.10. The maximum absolute atomic E-state index is 5.66. The molecule has 0 fully saturated rings. The van der Waals surface area contributed by atoms with Crippen LogP contribution in [0.25, 0.3) is 11.3 Å². The molecule has 3 N–H and O–H groups in total. The van der Waals surface area contributed by atoms with Gasteiger partial charge >= 0.3 is 0 Å². The van der Waals surface area contributed by atoms with E-state index < -0.39 is 0 Å². The highest BCUT2D eigenvalue weighted by Gasteiger charge is 2.12. The molecular formula is C14H19N3. The van der Waals surface area contributed by atoms with Gasteiger partial charge in [-0.2, -0.15) is 0 Å². The van der Waals surface area contributed by atoms with Gasteiger partial charge in [0.25, 0.3) is 0 Å². The van der Waals surface area contributed by atoms with Gasteiger partial charge in [-0.1, -0.05) is 36.8 Å². The summed E-state index contributed by atoms with van der Waals surface area (Å²) in [5.41, 5.74) is 10.2. The van der Waals surface area contributed by atoms with Crippen molar-refractivity contribution in [2.75, 3.05) is 6.54 Å². The summed E-state index contributed by atoms with van der Waals surface area (Å²) in [6.45, 7) is 6.83. The predicted octanol–water partition coefficient (Wildman–Crippen LogP) is 2.76. The van der Waals surface area contributed by atoms with E-state index >= 15 is 0 Å². The van der Waals surface area contributed by atoms with E-state index in [0.29, 0.717) is 6.54 Å². The molecule has 1 aromatic heterocycles. The molecule has 3 heteroatoms. The van der Waals surface area contributed by atoms with Crippen molar-refractivity contribution < 1.29 is 0 Å². The zero-order valence-corrected chi connectivity index (χ0v) is 10.6. The van der Waals surface area contributed by atoms with Gasteiger partial charge in [0.05, 0.1) is 5.69 Å². The Morgan fingerprint density at radius 2 is 1.88 bits per heavy atom. The predicted molar refractivity (Wildman–Crippen MR) is 71.0 cm³/mol. The second-order valence-corrected chi connectivity index (χ2v) is 4.60. The van der Waals surface area contributed by atoms with Crippen molar-refractivity contribution in [3.8, 4) is 11.3 Å². The van der Waals surface area contributed by atoms with E-state index in [0.717, 1.165) is 22.8 Å². The van der Waals surface area contributed by atoms with Crippen molar-refractivity contribution in [2.24, 2.45) is 5.73 Å². The lowest BCUT2D eigenvalue weighted by Gasteiger charge is -2.02. The van der Waals surface area contributed by atoms with Gasteiger partial charge in [-0.05, 0) is 13.8 Å². The Bertz CT molecular complexity index is 497. The summed E-state index contributed by atoms with van der Waals surface area (Å²) >= 11 is 0. The average molecular weight is 229 g/mol. The van der Waals surface area contributed by atoms with Crippen LogP contribution in [0, 0.1) is 13.8 Å². The maximum Gasteiger partial charge on any atom is 0.111 e. The SMILES string of the molecule is Cc1ccc(-c2nc(C(C)CN)[nH]c2C)cc1. The highest BCUT2D eigenvalue weighted by atomic mass is 14.9. The van der Waals surface area contributed by atoms with Gasteiger partial charge in [0.2, 0.25) is 0 Å². The van der Waals surface area contributed by atoms with Crippen molar-refractivity contribution in [1.82, 2.24) is 9.97 Å². The summed E-state index contributed by atoms with van der Waals surface area (Å²) in [4.78, 5) is 7.96. The number of benzene rings is 1. The minimum atomic E-state index is 0.271. The number of imidazole rings is 1. The summed E-state index contributed by atoms with van der Waals surface area (Å²) in [6.07, 6.45) is 0. The molecule has 3 nitrogen and oxygen atoms in total. The van der Waals surface area contributed by atoms with Crippen molar-refractivity contribution >= 4 is 0 Å². The Balaban J connectivity index is 2.39. The van der Waals surface area contributed by atoms with E-state index in [9.17, 15) is 0 Å². The number of nitrogens with two attached hydrogens (primary N) is 1. The van der Waals surface area contributed by atoms with Crippen LogP contribution in [0.4, 0.5) is 0 Å². The van der Waals surface area contributed by atoms with Crippen molar-refractivity contribution in [3.05, 3.63) is 41.3 Å². The quantitative estimate of drug-likeness (QED) is 0.850. The molecule has 0 aliphatic rings. The van der Waals surface area contributed by atoms with Gasteiger partial charge in [0, 0.05) is 23.7 Å². The molecule has 0 amide bonds. The number of aromatic nitrogens is 2. The third kappa shape index (κ3) is 2.39. The lowest BCUT2D eigenvalue weighted by molar-refractivity contribution is 0.723. The molecule has 17 heavy (non-hydrogen) atoms. The van der Waals surface area contributed by atoms with Crippen LogP contribution in [-0.2, 0) is 0 Å². The first-order valence-electron chi connectivity index (χ1n) is 5.95. The van der Waals surface area contributed by atoms with Gasteiger partial charge in [-0.25, -0.2) is 4.98 Å². The van der Waals surface area contributed by atoms with E-state index in [4.69, 9.17) is 5.73 Å². The van der Waals surface area contributed by atoms with Crippen LogP contribution in [0.2, 0.25) is 0 Å². The van der Waals surface area contributed by atoms with Gasteiger partial charge in [-0.3, -0.25) is 0 Å². The Morgan fingerprint density at radius 3 is 2.47 bits per heavy atom. The first-order valence-corrected chi connectivity index (χ1v) is 5.95. The Kier molecular flexibility index (Phi) is 3.29. The molecule has 1 unspecified atom stereocenters. The molecule has 90 valence electrons. The molecule has 0 aliphatic heterocycles. The largest absolute Gasteiger partial charge is 0.345 e. The highest BCUT2D eigenvalue weighted by molar-refractivity contribution is 5.62. The molecule has 2 rings (SSSR count). The van der Waals surface area contributed by atoms with Gasteiger partial charge in [-0.15, -0.1) is 0 Å². The van der Waals surface area contributed by atoms with E-state index in [1.54, 1.807) is 0 Å². The van der Waals surface area contributed by atoms with Crippen LogP contribution in [0.3, 0.4) is 0 Å². The normalized spacial score (nSPS) is 12.7. The number of nitrogens with zero attached hydrogens (tertiary/aromatic N) is 1. The number of H-pyrrole nitrogens is 1. The zero-order chi connectivity index (χ0) is 12.4. The minimum absolute atomic E-state index is 0.271. The molecular weight excluding hydrogens is 210 g/mol. The standard InChI is InChI=1S/C14H19N3/c1-9-4-6-12(7-5-9)13-11(3)16-14(17-13)10(2)8-15/h4-7,10H,8,15H2,1-3H3,(H,16,17). The third-order valence-electron chi connectivity index (χ3n) is 3.05. The molecule has 1 aromatic carbocycles. The average Bonchev–Trinajstić information content (AvgIpc) is 2.71. The summed E-state index contributed by atoms with van der Waals surface area (Å²) < 4.78 is 0. The number of hydrogen-bond acceptors (Lipinski definition) is 2. The number of aromatic amines is 1. The van der Waals surface area contributed by atoms with E-state index in [-0.39, 0.29) is 5.92 Å². The zero-order valence-electron chi connectivity index (χ0n) is 10.6. The lowest BCUT2D eigenvalue weighted by atomic mass is 10.1. The highest BCUT2D eigenvalue weighted by Crippen LogP contribution is 2.23. The van der Waals surface area contributed by atoms with Crippen molar-refractivity contribution in [3.63, 3.8) is 0 Å². The molecule has 0 radical (unpaired) electrons. The van der Waals surface area contributed by atoms with E-state index in [2.05, 4.69) is 55.0 Å². The summed E-state index contributed by atoms with van der Waals surface area (Å²) in [5, 5.41) is 0. The number of aryl methyl sites for hydroxylation is 2. The molecule has 1 atom stereocenters. The Morgan fingerprint density at radius 1 is 1.24 bits per heavy atom. The number of nitrogens with one attached hydrogen (secondary N) is 1.